The Morgan fingerprint density at radius 2 is 1.92 bits per heavy atom. The highest BCUT2D eigenvalue weighted by Crippen LogP contribution is 2.65. The maximum Gasteiger partial charge on any atom is 0.146 e. The Morgan fingerprint density at radius 3 is 2.71 bits per heavy atom. The van der Waals surface area contributed by atoms with E-state index in [4.69, 9.17) is 9.47 Å². The smallest absolute Gasteiger partial charge is 0.146 e. The van der Waals surface area contributed by atoms with Crippen LogP contribution in [0, 0.1) is 28.6 Å². The maximum absolute atomic E-state index is 10.1. The first-order valence-corrected chi connectivity index (χ1v) is 9.99. The first-order chi connectivity index (χ1) is 11.5. The van der Waals surface area contributed by atoms with Crippen molar-refractivity contribution in [2.24, 2.45) is 28.6 Å². The number of allylic oxidation sites excluding steroid dienone is 1. The van der Waals surface area contributed by atoms with E-state index in [1.165, 1.54) is 44.9 Å². The molecule has 3 fully saturated rings. The minimum atomic E-state index is -0.197. The van der Waals surface area contributed by atoms with Gasteiger partial charge in [0.25, 0.3) is 0 Å². The number of rotatable bonds is 3. The molecule has 7 atom stereocenters. The van der Waals surface area contributed by atoms with E-state index in [0.717, 1.165) is 24.2 Å². The summed E-state index contributed by atoms with van der Waals surface area (Å²) in [6.07, 6.45) is 12.2. The summed E-state index contributed by atoms with van der Waals surface area (Å²) in [6, 6.07) is 0. The SMILES string of the molecule is COCO[C@H]1CC[C@H]2[C@@H]3CCC4=CC(O)CC[C@]4(C)[C@H]3CC[C@]12C. The van der Waals surface area contributed by atoms with Gasteiger partial charge in [-0.25, -0.2) is 0 Å². The van der Waals surface area contributed by atoms with Crippen LogP contribution in [0.4, 0.5) is 0 Å². The summed E-state index contributed by atoms with van der Waals surface area (Å²) in [5.74, 6) is 2.46. The second-order valence-corrected chi connectivity index (χ2v) is 9.31. The van der Waals surface area contributed by atoms with Crippen LogP contribution in [0.3, 0.4) is 0 Å². The van der Waals surface area contributed by atoms with E-state index in [9.17, 15) is 5.11 Å². The lowest BCUT2D eigenvalue weighted by atomic mass is 9.47. The van der Waals surface area contributed by atoms with E-state index in [2.05, 4.69) is 19.9 Å². The molecule has 1 N–H and O–H groups in total. The zero-order chi connectivity index (χ0) is 16.9. The number of aliphatic hydroxyl groups excluding tert-OH is 1. The molecule has 3 saturated carbocycles. The summed E-state index contributed by atoms with van der Waals surface area (Å²) in [5.41, 5.74) is 2.25. The summed E-state index contributed by atoms with van der Waals surface area (Å²) in [6.45, 7) is 5.42. The van der Waals surface area contributed by atoms with E-state index in [1.54, 1.807) is 12.7 Å². The lowest BCUT2D eigenvalue weighted by molar-refractivity contribution is -0.138. The summed E-state index contributed by atoms with van der Waals surface area (Å²) < 4.78 is 11.3. The number of fused-ring (bicyclic) bond motifs is 5. The zero-order valence-electron chi connectivity index (χ0n) is 15.6. The minimum absolute atomic E-state index is 0.197. The summed E-state index contributed by atoms with van der Waals surface area (Å²) in [5, 5.41) is 10.1. The molecule has 0 heterocycles. The second kappa shape index (κ2) is 6.10. The molecule has 0 spiro atoms. The standard InChI is InChI=1S/C21H34O3/c1-20-10-8-15(22)12-14(20)4-5-16-17-6-7-19(24-13-23-3)21(17,2)11-9-18(16)20/h12,15-19,22H,4-11,13H2,1-3H3/t15?,16-,17-,18-,19-,20-,21-/m0/s1. The maximum atomic E-state index is 10.1. The van der Waals surface area contributed by atoms with Gasteiger partial charge in [0, 0.05) is 7.11 Å². The van der Waals surface area contributed by atoms with Gasteiger partial charge in [-0.15, -0.1) is 0 Å². The molecule has 0 saturated heterocycles. The van der Waals surface area contributed by atoms with Gasteiger partial charge in [-0.3, -0.25) is 0 Å². The first-order valence-electron chi connectivity index (χ1n) is 9.99. The fourth-order valence-electron chi connectivity index (χ4n) is 7.09. The second-order valence-electron chi connectivity index (χ2n) is 9.31. The fourth-order valence-corrected chi connectivity index (χ4v) is 7.09. The Morgan fingerprint density at radius 1 is 1.08 bits per heavy atom. The number of aliphatic hydroxyl groups is 1. The molecule has 3 heteroatoms. The Balaban J connectivity index is 1.58. The molecular formula is C21H34O3. The third kappa shape index (κ3) is 2.42. The summed E-state index contributed by atoms with van der Waals surface area (Å²) in [7, 11) is 1.72. The van der Waals surface area contributed by atoms with Crippen molar-refractivity contribution >= 4 is 0 Å². The Kier molecular flexibility index (Phi) is 4.34. The van der Waals surface area contributed by atoms with Crippen molar-refractivity contribution < 1.29 is 14.6 Å². The Bertz CT molecular complexity index is 515. The highest BCUT2D eigenvalue weighted by atomic mass is 16.7. The fraction of sp³-hybridized carbons (Fsp3) is 0.905. The van der Waals surface area contributed by atoms with Gasteiger partial charge in [0.15, 0.2) is 0 Å². The number of hydrogen-bond donors (Lipinski definition) is 1. The average Bonchev–Trinajstić information content (AvgIpc) is 2.90. The third-order valence-electron chi connectivity index (χ3n) is 8.39. The Hall–Kier alpha value is -0.380. The lowest BCUT2D eigenvalue weighted by Crippen LogP contribution is -2.51. The van der Waals surface area contributed by atoms with Gasteiger partial charge in [0.05, 0.1) is 12.2 Å². The van der Waals surface area contributed by atoms with Gasteiger partial charge in [0.1, 0.15) is 6.79 Å². The molecule has 4 rings (SSSR count). The van der Waals surface area contributed by atoms with E-state index in [0.29, 0.717) is 23.7 Å². The van der Waals surface area contributed by atoms with Crippen molar-refractivity contribution in [2.75, 3.05) is 13.9 Å². The normalized spacial score (nSPS) is 50.7. The molecule has 0 bridgehead atoms. The van der Waals surface area contributed by atoms with Crippen LogP contribution in [0.15, 0.2) is 11.6 Å². The molecule has 136 valence electrons. The molecule has 3 nitrogen and oxygen atoms in total. The Labute approximate surface area is 146 Å². The number of hydrogen-bond acceptors (Lipinski definition) is 3. The molecule has 0 aromatic rings. The monoisotopic (exact) mass is 334 g/mol. The zero-order valence-corrected chi connectivity index (χ0v) is 15.6. The summed E-state index contributed by atoms with van der Waals surface area (Å²) >= 11 is 0. The van der Waals surface area contributed by atoms with Crippen LogP contribution >= 0.6 is 0 Å². The van der Waals surface area contributed by atoms with Crippen molar-refractivity contribution in [2.45, 2.75) is 77.4 Å². The van der Waals surface area contributed by atoms with Crippen LogP contribution in [0.2, 0.25) is 0 Å². The molecule has 1 unspecified atom stereocenters. The quantitative estimate of drug-likeness (QED) is 0.618. The van der Waals surface area contributed by atoms with Gasteiger partial charge < -0.3 is 14.6 Å². The molecule has 0 aliphatic heterocycles. The van der Waals surface area contributed by atoms with E-state index in [1.807, 2.05) is 0 Å². The van der Waals surface area contributed by atoms with Gasteiger partial charge in [-0.2, -0.15) is 0 Å². The molecule has 4 aliphatic carbocycles. The first kappa shape index (κ1) is 17.1. The predicted octanol–water partition coefficient (Wildman–Crippen LogP) is 4.30. The van der Waals surface area contributed by atoms with Crippen LogP contribution in [-0.4, -0.2) is 31.2 Å². The average molecular weight is 335 g/mol. The van der Waals surface area contributed by atoms with Gasteiger partial charge >= 0.3 is 0 Å². The minimum Gasteiger partial charge on any atom is -0.389 e. The van der Waals surface area contributed by atoms with Crippen molar-refractivity contribution in [1.29, 1.82) is 0 Å². The highest BCUT2D eigenvalue weighted by Gasteiger charge is 2.59. The van der Waals surface area contributed by atoms with Crippen molar-refractivity contribution in [1.82, 2.24) is 0 Å². The predicted molar refractivity (Wildman–Crippen MR) is 94.5 cm³/mol. The van der Waals surface area contributed by atoms with Crippen molar-refractivity contribution in [3.05, 3.63) is 11.6 Å². The largest absolute Gasteiger partial charge is 0.389 e. The highest BCUT2D eigenvalue weighted by molar-refractivity contribution is 5.25. The van der Waals surface area contributed by atoms with Crippen LogP contribution in [-0.2, 0) is 9.47 Å². The topological polar surface area (TPSA) is 38.7 Å². The van der Waals surface area contributed by atoms with E-state index >= 15 is 0 Å². The van der Waals surface area contributed by atoms with Crippen LogP contribution in [0.1, 0.15) is 65.2 Å². The van der Waals surface area contributed by atoms with E-state index in [-0.39, 0.29) is 6.10 Å². The molecule has 4 aliphatic rings. The van der Waals surface area contributed by atoms with E-state index < -0.39 is 0 Å². The molecule has 0 radical (unpaired) electrons. The van der Waals surface area contributed by atoms with Crippen LogP contribution in [0.25, 0.3) is 0 Å². The van der Waals surface area contributed by atoms with Crippen LogP contribution < -0.4 is 0 Å². The van der Waals surface area contributed by atoms with Crippen molar-refractivity contribution in [3.8, 4) is 0 Å². The molecule has 0 aromatic heterocycles. The van der Waals surface area contributed by atoms with Gasteiger partial charge in [-0.1, -0.05) is 25.5 Å². The lowest BCUT2D eigenvalue weighted by Gasteiger charge is -2.58. The third-order valence-corrected chi connectivity index (χ3v) is 8.39. The van der Waals surface area contributed by atoms with Gasteiger partial charge in [0.2, 0.25) is 0 Å². The molecular weight excluding hydrogens is 300 g/mol. The molecule has 0 aromatic carbocycles. The summed E-state index contributed by atoms with van der Waals surface area (Å²) in [4.78, 5) is 0. The van der Waals surface area contributed by atoms with Gasteiger partial charge in [-0.05, 0) is 80.0 Å². The van der Waals surface area contributed by atoms with Crippen molar-refractivity contribution in [3.63, 3.8) is 0 Å². The molecule has 0 amide bonds. The molecule has 24 heavy (non-hydrogen) atoms. The number of ether oxygens (including phenoxy) is 2. The number of methoxy groups -OCH3 is 1. The van der Waals surface area contributed by atoms with Crippen LogP contribution in [0.5, 0.6) is 0 Å².